The molecule has 1 aromatic heterocycles. The zero-order valence-corrected chi connectivity index (χ0v) is 11.0. The largest absolute Gasteiger partial charge is 0.465 e. The lowest BCUT2D eigenvalue weighted by molar-refractivity contribution is -0.141. The third kappa shape index (κ3) is 3.15. The minimum atomic E-state index is -4.51. The Hall–Kier alpha value is -2.51. The van der Waals surface area contributed by atoms with Gasteiger partial charge in [0.25, 0.3) is 0 Å². The zero-order chi connectivity index (χ0) is 15.6. The molecule has 0 saturated heterocycles. The van der Waals surface area contributed by atoms with E-state index in [0.29, 0.717) is 5.56 Å². The van der Waals surface area contributed by atoms with Crippen molar-refractivity contribution in [3.63, 3.8) is 0 Å². The molecule has 8 heteroatoms. The molecule has 0 fully saturated rings. The van der Waals surface area contributed by atoms with Crippen molar-refractivity contribution in [2.75, 3.05) is 12.8 Å². The number of halogens is 3. The number of alkyl halides is 3. The third-order valence-corrected chi connectivity index (χ3v) is 2.84. The van der Waals surface area contributed by atoms with Crippen LogP contribution in [-0.2, 0) is 17.5 Å². The van der Waals surface area contributed by atoms with Crippen LogP contribution in [0.5, 0.6) is 0 Å². The Kier molecular flexibility index (Phi) is 3.88. The van der Waals surface area contributed by atoms with Crippen molar-refractivity contribution >= 4 is 11.7 Å². The number of nitrogens with zero attached hydrogens (tertiary/aromatic N) is 2. The van der Waals surface area contributed by atoms with Crippen molar-refractivity contribution in [3.8, 4) is 0 Å². The van der Waals surface area contributed by atoms with Gasteiger partial charge in [0.2, 0.25) is 0 Å². The van der Waals surface area contributed by atoms with Gasteiger partial charge in [0.15, 0.2) is 5.69 Å². The van der Waals surface area contributed by atoms with E-state index in [1.54, 1.807) is 12.1 Å². The zero-order valence-electron chi connectivity index (χ0n) is 11.0. The number of hydrogen-bond acceptors (Lipinski definition) is 4. The minimum Gasteiger partial charge on any atom is -0.465 e. The molecule has 0 unspecified atom stereocenters. The van der Waals surface area contributed by atoms with Crippen LogP contribution < -0.4 is 5.73 Å². The fourth-order valence-electron chi connectivity index (χ4n) is 1.88. The van der Waals surface area contributed by atoms with E-state index in [-0.39, 0.29) is 17.8 Å². The van der Waals surface area contributed by atoms with Gasteiger partial charge in [-0.25, -0.2) is 4.79 Å². The number of hydrogen-bond donors (Lipinski definition) is 1. The highest BCUT2D eigenvalue weighted by atomic mass is 19.4. The molecule has 1 aromatic carbocycles. The normalized spacial score (nSPS) is 11.4. The molecule has 21 heavy (non-hydrogen) atoms. The summed E-state index contributed by atoms with van der Waals surface area (Å²) in [7, 11) is 1.20. The number of aromatic nitrogens is 2. The first-order valence-electron chi connectivity index (χ1n) is 5.89. The molecule has 0 saturated carbocycles. The summed E-state index contributed by atoms with van der Waals surface area (Å²) in [5.41, 5.74) is 5.48. The molecule has 0 atom stereocenters. The van der Waals surface area contributed by atoms with Gasteiger partial charge < -0.3 is 10.5 Å². The van der Waals surface area contributed by atoms with Gasteiger partial charge in [-0.05, 0) is 17.7 Å². The Bertz CT molecular complexity index is 665. The van der Waals surface area contributed by atoms with Crippen LogP contribution >= 0.6 is 0 Å². The van der Waals surface area contributed by atoms with Gasteiger partial charge in [-0.15, -0.1) is 0 Å². The monoisotopic (exact) mass is 299 g/mol. The van der Waals surface area contributed by atoms with Crippen molar-refractivity contribution in [3.05, 3.63) is 47.3 Å². The number of anilines is 1. The Balaban J connectivity index is 2.34. The molecule has 0 bridgehead atoms. The maximum absolute atomic E-state index is 12.5. The van der Waals surface area contributed by atoms with E-state index in [2.05, 4.69) is 9.84 Å². The molecule has 0 amide bonds. The van der Waals surface area contributed by atoms with Gasteiger partial charge in [0, 0.05) is 11.9 Å². The summed E-state index contributed by atoms with van der Waals surface area (Å²) in [5.74, 6) is -0.647. The van der Waals surface area contributed by atoms with E-state index in [1.165, 1.54) is 19.4 Å². The average Bonchev–Trinajstić information content (AvgIpc) is 2.87. The van der Waals surface area contributed by atoms with E-state index in [1.807, 2.05) is 0 Å². The van der Waals surface area contributed by atoms with Crippen LogP contribution in [0.25, 0.3) is 0 Å². The second kappa shape index (κ2) is 5.47. The third-order valence-electron chi connectivity index (χ3n) is 2.84. The van der Waals surface area contributed by atoms with Crippen LogP contribution in [-0.4, -0.2) is 22.9 Å². The van der Waals surface area contributed by atoms with Crippen molar-refractivity contribution in [1.82, 2.24) is 9.78 Å². The smallest absolute Gasteiger partial charge is 0.435 e. The Morgan fingerprint density at radius 2 is 2.10 bits per heavy atom. The van der Waals surface area contributed by atoms with Gasteiger partial charge in [0.1, 0.15) is 0 Å². The van der Waals surface area contributed by atoms with E-state index < -0.39 is 17.8 Å². The molecule has 0 aliphatic carbocycles. The average molecular weight is 299 g/mol. The summed E-state index contributed by atoms with van der Waals surface area (Å²) in [6.07, 6.45) is -3.32. The molecule has 0 radical (unpaired) electrons. The molecule has 112 valence electrons. The Labute approximate surface area is 118 Å². The van der Waals surface area contributed by atoms with Gasteiger partial charge in [0.05, 0.1) is 19.2 Å². The van der Waals surface area contributed by atoms with Crippen molar-refractivity contribution in [1.29, 1.82) is 0 Å². The highest BCUT2D eigenvalue weighted by Crippen LogP contribution is 2.27. The number of carbonyl (C=O) groups excluding carboxylic acids is 1. The second-order valence-corrected chi connectivity index (χ2v) is 4.27. The van der Waals surface area contributed by atoms with Crippen molar-refractivity contribution in [2.24, 2.45) is 0 Å². The van der Waals surface area contributed by atoms with Crippen LogP contribution in [0.2, 0.25) is 0 Å². The van der Waals surface area contributed by atoms with Crippen LogP contribution in [0.1, 0.15) is 21.6 Å². The van der Waals surface area contributed by atoms with E-state index in [0.717, 1.165) is 10.7 Å². The summed E-state index contributed by atoms with van der Waals surface area (Å²) in [6.45, 7) is -0.0223. The number of benzene rings is 1. The lowest BCUT2D eigenvalue weighted by Crippen LogP contribution is -2.13. The summed E-state index contributed by atoms with van der Waals surface area (Å²) >= 11 is 0. The van der Waals surface area contributed by atoms with Crippen molar-refractivity contribution < 1.29 is 22.7 Å². The van der Waals surface area contributed by atoms with Crippen molar-refractivity contribution in [2.45, 2.75) is 12.7 Å². The number of rotatable bonds is 3. The molecule has 5 nitrogen and oxygen atoms in total. The number of carbonyl (C=O) groups is 1. The minimum absolute atomic E-state index is 0.0223. The highest BCUT2D eigenvalue weighted by Gasteiger charge is 2.33. The number of ether oxygens (including phenoxy) is 1. The first kappa shape index (κ1) is 14.9. The van der Waals surface area contributed by atoms with Gasteiger partial charge in [-0.3, -0.25) is 4.68 Å². The fraction of sp³-hybridized carbons (Fsp3) is 0.231. The predicted octanol–water partition coefficient (Wildman–Crippen LogP) is 2.32. The SMILES string of the molecule is COC(=O)c1c(N)cccc1Cn1ccc(C(F)(F)F)n1. The summed E-state index contributed by atoms with van der Waals surface area (Å²) in [6, 6.07) is 5.56. The molecule has 1 heterocycles. The second-order valence-electron chi connectivity index (χ2n) is 4.27. The van der Waals surface area contributed by atoms with Crippen LogP contribution in [0, 0.1) is 0 Å². The molecule has 0 aliphatic heterocycles. The molecule has 2 rings (SSSR count). The summed E-state index contributed by atoms with van der Waals surface area (Å²) in [5, 5.41) is 3.43. The van der Waals surface area contributed by atoms with E-state index >= 15 is 0 Å². The number of esters is 1. The van der Waals surface area contributed by atoms with Crippen LogP contribution in [0.3, 0.4) is 0 Å². The lowest BCUT2D eigenvalue weighted by Gasteiger charge is -2.10. The van der Waals surface area contributed by atoms with Crippen LogP contribution in [0.15, 0.2) is 30.5 Å². The summed E-state index contributed by atoms with van der Waals surface area (Å²) in [4.78, 5) is 11.7. The quantitative estimate of drug-likeness (QED) is 0.697. The first-order chi connectivity index (χ1) is 9.82. The van der Waals surface area contributed by atoms with E-state index in [9.17, 15) is 18.0 Å². The standard InChI is InChI=1S/C13H12F3N3O2/c1-21-12(20)11-8(3-2-4-9(11)17)7-19-6-5-10(18-19)13(14,15)16/h2-6H,7,17H2,1H3. The van der Waals surface area contributed by atoms with Gasteiger partial charge in [-0.1, -0.05) is 12.1 Å². The van der Waals surface area contributed by atoms with Crippen LogP contribution in [0.4, 0.5) is 18.9 Å². The number of methoxy groups -OCH3 is 1. The molecule has 2 N–H and O–H groups in total. The predicted molar refractivity (Wildman–Crippen MR) is 68.5 cm³/mol. The topological polar surface area (TPSA) is 70.1 Å². The van der Waals surface area contributed by atoms with Gasteiger partial charge >= 0.3 is 12.1 Å². The molecule has 0 aliphatic rings. The van der Waals surface area contributed by atoms with Gasteiger partial charge in [-0.2, -0.15) is 18.3 Å². The Morgan fingerprint density at radius 1 is 1.38 bits per heavy atom. The summed E-state index contributed by atoms with van der Waals surface area (Å²) < 4.78 is 43.2. The number of nitrogens with two attached hydrogens (primary N) is 1. The lowest BCUT2D eigenvalue weighted by atomic mass is 10.1. The number of nitrogen functional groups attached to an aromatic ring is 1. The molecule has 0 spiro atoms. The van der Waals surface area contributed by atoms with E-state index in [4.69, 9.17) is 5.73 Å². The molecule has 2 aromatic rings. The molecular formula is C13H12F3N3O2. The fourth-order valence-corrected chi connectivity index (χ4v) is 1.88. The molecular weight excluding hydrogens is 287 g/mol. The maximum atomic E-state index is 12.5. The Morgan fingerprint density at radius 3 is 2.67 bits per heavy atom. The maximum Gasteiger partial charge on any atom is 0.435 e. The highest BCUT2D eigenvalue weighted by molar-refractivity contribution is 5.96. The first-order valence-corrected chi connectivity index (χ1v) is 5.89.